The Balaban J connectivity index is 1.14. The van der Waals surface area contributed by atoms with Gasteiger partial charge in [0.05, 0.1) is 25.0 Å². The second-order valence-electron chi connectivity index (χ2n) is 17.9. The van der Waals surface area contributed by atoms with Crippen molar-refractivity contribution in [2.75, 3.05) is 13.2 Å². The van der Waals surface area contributed by atoms with Gasteiger partial charge in [-0.3, -0.25) is 9.59 Å². The van der Waals surface area contributed by atoms with Gasteiger partial charge in [0, 0.05) is 11.8 Å². The van der Waals surface area contributed by atoms with E-state index in [1.165, 1.54) is 51.4 Å². The van der Waals surface area contributed by atoms with Crippen molar-refractivity contribution in [2.45, 2.75) is 103 Å². The van der Waals surface area contributed by atoms with E-state index < -0.39 is 35.6 Å². The Kier molecular flexibility index (Phi) is 19.3. The zero-order valence-electron chi connectivity index (χ0n) is 40.0. The number of unbranched alkanes of at least 4 members (excludes halogenated alkanes) is 10. The molecular weight excluding hydrogens is 841 g/mol. The van der Waals surface area contributed by atoms with Crippen LogP contribution >= 0.6 is 0 Å². The molecule has 0 radical (unpaired) electrons. The maximum Gasteiger partial charge on any atom is 0.315 e. The second kappa shape index (κ2) is 26.6. The maximum absolute atomic E-state index is 14.7. The van der Waals surface area contributed by atoms with Crippen molar-refractivity contribution in [3.8, 4) is 23.0 Å². The van der Waals surface area contributed by atoms with E-state index in [1.807, 2.05) is 146 Å². The molecule has 1 saturated carbocycles. The van der Waals surface area contributed by atoms with E-state index in [4.69, 9.17) is 18.9 Å². The number of ether oxygens (including phenoxy) is 4. The van der Waals surface area contributed by atoms with E-state index in [1.54, 1.807) is 0 Å². The normalized spacial score (nSPS) is 16.6. The number of carbonyl (C=O) groups excluding carboxylic acids is 2. The molecule has 0 spiro atoms. The number of carbonyl (C=O) groups is 2. The van der Waals surface area contributed by atoms with Crippen LogP contribution in [0.15, 0.2) is 158 Å². The average Bonchev–Trinajstić information content (AvgIpc) is 3.36. The molecule has 68 heavy (non-hydrogen) atoms. The molecule has 0 aromatic heterocycles. The van der Waals surface area contributed by atoms with E-state index in [0.717, 1.165) is 70.6 Å². The van der Waals surface area contributed by atoms with Gasteiger partial charge in [-0.25, -0.2) is 0 Å². The van der Waals surface area contributed by atoms with Gasteiger partial charge in [-0.2, -0.15) is 0 Å². The fourth-order valence-electron chi connectivity index (χ4n) is 9.06. The molecule has 0 unspecified atom stereocenters. The van der Waals surface area contributed by atoms with Crippen molar-refractivity contribution in [3.63, 3.8) is 0 Å². The maximum atomic E-state index is 14.7. The number of esters is 2. The number of hydrogen-bond donors (Lipinski definition) is 0. The van der Waals surface area contributed by atoms with Crippen molar-refractivity contribution in [2.24, 2.45) is 11.8 Å². The van der Waals surface area contributed by atoms with Gasteiger partial charge in [-0.15, -0.1) is 0 Å². The van der Waals surface area contributed by atoms with Gasteiger partial charge < -0.3 is 18.9 Å². The minimum absolute atomic E-state index is 0.405. The van der Waals surface area contributed by atoms with Gasteiger partial charge in [0.1, 0.15) is 23.0 Å². The van der Waals surface area contributed by atoms with Crippen molar-refractivity contribution in [1.29, 1.82) is 0 Å². The Morgan fingerprint density at radius 2 is 0.676 bits per heavy atom. The number of hydrogen-bond acceptors (Lipinski definition) is 6. The summed E-state index contributed by atoms with van der Waals surface area (Å²) in [5.74, 6) is -0.860. The van der Waals surface area contributed by atoms with Crippen LogP contribution in [-0.4, -0.2) is 25.2 Å². The average molecular weight is 909 g/mol. The first-order valence-corrected chi connectivity index (χ1v) is 25.0. The van der Waals surface area contributed by atoms with Crippen LogP contribution < -0.4 is 18.9 Å². The predicted molar refractivity (Wildman–Crippen MR) is 278 cm³/mol. The summed E-state index contributed by atoms with van der Waals surface area (Å²) in [7, 11) is 0. The molecule has 352 valence electrons. The first-order valence-electron chi connectivity index (χ1n) is 25.0. The molecule has 0 saturated heterocycles. The van der Waals surface area contributed by atoms with Gasteiger partial charge in [0.25, 0.3) is 0 Å². The Bertz CT molecular complexity index is 2270. The highest BCUT2D eigenvalue weighted by Crippen LogP contribution is 2.58. The Morgan fingerprint density at radius 3 is 1.03 bits per heavy atom. The van der Waals surface area contributed by atoms with E-state index in [-0.39, 0.29) is 0 Å². The van der Waals surface area contributed by atoms with Crippen molar-refractivity contribution in [1.82, 2.24) is 0 Å². The van der Waals surface area contributed by atoms with Gasteiger partial charge in [0.15, 0.2) is 0 Å². The van der Waals surface area contributed by atoms with Crippen LogP contribution in [0.4, 0.5) is 0 Å². The highest BCUT2D eigenvalue weighted by Gasteiger charge is 2.60. The van der Waals surface area contributed by atoms with E-state index >= 15 is 0 Å². The molecule has 0 aliphatic heterocycles. The van der Waals surface area contributed by atoms with E-state index in [9.17, 15) is 9.59 Å². The summed E-state index contributed by atoms with van der Waals surface area (Å²) in [5.41, 5.74) is 5.85. The summed E-state index contributed by atoms with van der Waals surface area (Å²) in [6.07, 6.45) is 22.4. The third kappa shape index (κ3) is 14.7. The van der Waals surface area contributed by atoms with Crippen LogP contribution in [0.1, 0.15) is 136 Å². The number of benzene rings is 6. The largest absolute Gasteiger partial charge is 0.494 e. The summed E-state index contributed by atoms with van der Waals surface area (Å²) < 4.78 is 24.8. The van der Waals surface area contributed by atoms with Crippen LogP contribution in [0.25, 0.3) is 24.3 Å². The zero-order chi connectivity index (χ0) is 47.2. The van der Waals surface area contributed by atoms with Gasteiger partial charge >= 0.3 is 11.9 Å². The molecular formula is C62H68O6. The van der Waals surface area contributed by atoms with Crippen LogP contribution in [-0.2, 0) is 9.59 Å². The SMILES string of the molecule is CCCCCCCCOc1ccc(C2C(C(=O)Oc3ccc(/C=C/c4ccccc4)cc3)C(c3ccc(OCCCCCCCC)cc3)C2C(=O)Oc2ccc(/C=C/c3ccccc3)cc2)cc1. The van der Waals surface area contributed by atoms with E-state index in [0.29, 0.717) is 24.7 Å². The summed E-state index contributed by atoms with van der Waals surface area (Å²) in [5, 5.41) is 0. The third-order valence-electron chi connectivity index (χ3n) is 12.9. The van der Waals surface area contributed by atoms with Crippen molar-refractivity contribution < 1.29 is 28.5 Å². The van der Waals surface area contributed by atoms with Gasteiger partial charge in [-0.1, -0.05) is 212 Å². The second-order valence-corrected chi connectivity index (χ2v) is 17.9. The molecule has 6 heteroatoms. The van der Waals surface area contributed by atoms with E-state index in [2.05, 4.69) is 50.3 Å². The Morgan fingerprint density at radius 1 is 0.368 bits per heavy atom. The summed E-state index contributed by atoms with van der Waals surface area (Å²) >= 11 is 0. The highest BCUT2D eigenvalue weighted by molar-refractivity contribution is 5.87. The predicted octanol–water partition coefficient (Wildman–Crippen LogP) is 15.8. The van der Waals surface area contributed by atoms with Crippen molar-refractivity contribution in [3.05, 3.63) is 191 Å². The van der Waals surface area contributed by atoms with Crippen LogP contribution in [0, 0.1) is 11.8 Å². The zero-order valence-corrected chi connectivity index (χ0v) is 40.0. The minimum atomic E-state index is -0.694. The molecule has 1 aliphatic rings. The molecule has 1 fully saturated rings. The van der Waals surface area contributed by atoms with Crippen LogP contribution in [0.2, 0.25) is 0 Å². The highest BCUT2D eigenvalue weighted by atomic mass is 16.5. The Labute approximate surface area is 405 Å². The fraction of sp³-hybridized carbons (Fsp3) is 0.323. The third-order valence-corrected chi connectivity index (χ3v) is 12.9. The lowest BCUT2D eigenvalue weighted by molar-refractivity contribution is -0.156. The molecule has 0 amide bonds. The molecule has 6 aromatic carbocycles. The Hall–Kier alpha value is -6.66. The lowest BCUT2D eigenvalue weighted by Crippen LogP contribution is -2.53. The molecule has 6 aromatic rings. The van der Waals surface area contributed by atoms with Gasteiger partial charge in [-0.05, 0) is 94.8 Å². The van der Waals surface area contributed by atoms with Gasteiger partial charge in [0.2, 0.25) is 0 Å². The first kappa shape index (κ1) is 49.3. The topological polar surface area (TPSA) is 71.1 Å². The quantitative estimate of drug-likeness (QED) is 0.0234. The lowest BCUT2D eigenvalue weighted by atomic mass is 9.52. The molecule has 1 aliphatic carbocycles. The molecule has 0 bridgehead atoms. The number of rotatable bonds is 26. The smallest absolute Gasteiger partial charge is 0.315 e. The lowest BCUT2D eigenvalue weighted by Gasteiger charge is -2.49. The first-order chi connectivity index (χ1) is 33.5. The molecule has 6 nitrogen and oxygen atoms in total. The monoisotopic (exact) mass is 909 g/mol. The standard InChI is InChI=1S/C62H68O6/c1-3-5-7-9-11-19-45-65-53-41-33-51(34-42-53)57-59(61(63)67-55-37-29-49(30-38-55)27-25-47-21-15-13-16-22-47)58(52-35-43-54(44-36-52)66-46-20-12-10-8-6-4-2)60(57)62(64)68-56-39-31-50(32-40-56)28-26-48-23-17-14-18-24-48/h13-18,21-44,57-60H,3-12,19-20,45-46H2,1-2H3/b27-25+,28-26+. The molecule has 0 atom stereocenters. The molecule has 0 N–H and O–H groups in total. The van der Waals surface area contributed by atoms with Crippen molar-refractivity contribution >= 4 is 36.2 Å². The summed E-state index contributed by atoms with van der Waals surface area (Å²) in [4.78, 5) is 29.4. The molecule has 7 rings (SSSR count). The van der Waals surface area contributed by atoms with Crippen LogP contribution in [0.5, 0.6) is 23.0 Å². The summed E-state index contributed by atoms with van der Waals surface area (Å²) in [6.45, 7) is 5.74. The summed E-state index contributed by atoms with van der Waals surface area (Å²) in [6, 6.07) is 51.0. The molecule has 0 heterocycles. The van der Waals surface area contributed by atoms with Crippen LogP contribution in [0.3, 0.4) is 0 Å². The fourth-order valence-corrected chi connectivity index (χ4v) is 9.06. The minimum Gasteiger partial charge on any atom is -0.494 e.